The Morgan fingerprint density at radius 2 is 1.73 bits per heavy atom. The predicted molar refractivity (Wildman–Crippen MR) is 156 cm³/mol. The molecular weight excluding hydrogens is 571 g/mol. The molecule has 9 nitrogen and oxygen atoms in total. The van der Waals surface area contributed by atoms with E-state index in [-0.39, 0.29) is 35.5 Å². The molecule has 1 aromatic heterocycles. The van der Waals surface area contributed by atoms with Crippen LogP contribution in [-0.2, 0) is 20.8 Å². The van der Waals surface area contributed by atoms with E-state index in [0.717, 1.165) is 24.7 Å². The Balaban J connectivity index is 1.59. The highest BCUT2D eigenvalue weighted by molar-refractivity contribution is 7.92. The van der Waals surface area contributed by atoms with Gasteiger partial charge in [-0.1, -0.05) is 0 Å². The number of carbonyl (C=O) groups is 1. The van der Waals surface area contributed by atoms with E-state index >= 15 is 0 Å². The molecule has 12 heteroatoms. The Kier molecular flexibility index (Phi) is 8.05. The summed E-state index contributed by atoms with van der Waals surface area (Å²) in [5.74, 6) is 1.39. The quantitative estimate of drug-likeness (QED) is 0.246. The number of anilines is 1. The van der Waals surface area contributed by atoms with Crippen molar-refractivity contribution >= 4 is 43.6 Å². The number of furan rings is 1. The number of sulfonamides is 1. The van der Waals surface area contributed by atoms with Crippen LogP contribution in [0.1, 0.15) is 24.3 Å². The Hall–Kier alpha value is -3.90. The van der Waals surface area contributed by atoms with E-state index in [4.69, 9.17) is 13.9 Å². The van der Waals surface area contributed by atoms with Gasteiger partial charge in [0.15, 0.2) is 11.5 Å². The van der Waals surface area contributed by atoms with Gasteiger partial charge in [0.2, 0.25) is 10.0 Å². The van der Waals surface area contributed by atoms with Gasteiger partial charge in [-0.2, -0.15) is 0 Å². The van der Waals surface area contributed by atoms with E-state index in [9.17, 15) is 21.8 Å². The van der Waals surface area contributed by atoms with Crippen molar-refractivity contribution in [1.29, 1.82) is 0 Å². The van der Waals surface area contributed by atoms with Crippen molar-refractivity contribution < 1.29 is 35.7 Å². The van der Waals surface area contributed by atoms with Crippen molar-refractivity contribution in [2.24, 2.45) is 0 Å². The molecule has 0 bridgehead atoms. The van der Waals surface area contributed by atoms with E-state index in [1.165, 1.54) is 41.9 Å². The standard InChI is InChI=1S/C29H29FN2O7S2/c1-31-29(33)39-28-24-16-23(18-4-5-18)25(32(41(3,35)36)14-15-40(2)34)17-26(24)38-27(28)19-6-10-21(11-7-19)37-22-12-8-20(30)9-13-22/h6-13,16-18H,4-5,14-15H2,1-3H3,(H,31,33). The molecule has 1 fully saturated rings. The van der Waals surface area contributed by atoms with Crippen molar-refractivity contribution in [1.82, 2.24) is 5.32 Å². The molecule has 3 aromatic carbocycles. The number of carbonyl (C=O) groups excluding carboxylic acids is 1. The van der Waals surface area contributed by atoms with Gasteiger partial charge in [0.05, 0.1) is 17.3 Å². The third-order valence-electron chi connectivity index (χ3n) is 6.62. The van der Waals surface area contributed by atoms with Gasteiger partial charge in [-0.3, -0.25) is 8.51 Å². The Bertz CT molecular complexity index is 1710. The summed E-state index contributed by atoms with van der Waals surface area (Å²) >= 11 is 0. The lowest BCUT2D eigenvalue weighted by atomic mass is 10.0. The van der Waals surface area contributed by atoms with Crippen molar-refractivity contribution in [2.45, 2.75) is 18.8 Å². The first-order valence-corrected chi connectivity index (χ1v) is 16.4. The zero-order valence-corrected chi connectivity index (χ0v) is 24.3. The van der Waals surface area contributed by atoms with Gasteiger partial charge in [0.1, 0.15) is 22.9 Å². The fraction of sp³-hybridized carbons (Fsp3) is 0.276. The lowest BCUT2D eigenvalue weighted by Crippen LogP contribution is -2.34. The molecule has 4 aromatic rings. The number of ether oxygens (including phenoxy) is 2. The highest BCUT2D eigenvalue weighted by Crippen LogP contribution is 2.49. The molecule has 1 N–H and O–H groups in total. The number of amides is 1. The fourth-order valence-electron chi connectivity index (χ4n) is 4.49. The molecule has 5 rings (SSSR count). The van der Waals surface area contributed by atoms with Crippen molar-refractivity contribution in [2.75, 3.05) is 36.2 Å². The summed E-state index contributed by atoms with van der Waals surface area (Å²) in [4.78, 5) is 12.3. The van der Waals surface area contributed by atoms with Crippen molar-refractivity contribution in [3.63, 3.8) is 0 Å². The zero-order valence-electron chi connectivity index (χ0n) is 22.7. The molecule has 41 heavy (non-hydrogen) atoms. The maximum atomic E-state index is 13.2. The second-order valence-corrected chi connectivity index (χ2v) is 13.2. The van der Waals surface area contributed by atoms with E-state index in [2.05, 4.69) is 5.32 Å². The van der Waals surface area contributed by atoms with Gasteiger partial charge in [0.25, 0.3) is 0 Å². The Morgan fingerprint density at radius 3 is 2.29 bits per heavy atom. The maximum absolute atomic E-state index is 13.2. The maximum Gasteiger partial charge on any atom is 0.412 e. The van der Waals surface area contributed by atoms with E-state index in [1.807, 2.05) is 6.07 Å². The monoisotopic (exact) mass is 600 g/mol. The summed E-state index contributed by atoms with van der Waals surface area (Å²) in [6, 6.07) is 16.0. The molecule has 1 amide bonds. The minimum atomic E-state index is -3.69. The van der Waals surface area contributed by atoms with Crippen LogP contribution in [0.2, 0.25) is 0 Å². The first-order chi connectivity index (χ1) is 19.5. The van der Waals surface area contributed by atoms with Crippen LogP contribution in [-0.4, -0.2) is 50.6 Å². The molecule has 1 atom stereocenters. The van der Waals surface area contributed by atoms with Crippen LogP contribution in [0.25, 0.3) is 22.3 Å². The van der Waals surface area contributed by atoms with Crippen LogP contribution in [0, 0.1) is 5.82 Å². The molecule has 1 saturated carbocycles. The lowest BCUT2D eigenvalue weighted by molar-refractivity contribution is 0.203. The second kappa shape index (κ2) is 11.5. The van der Waals surface area contributed by atoms with Crippen LogP contribution in [0.3, 0.4) is 0 Å². The number of fused-ring (bicyclic) bond motifs is 1. The molecule has 1 unspecified atom stereocenters. The SMILES string of the molecule is CNC(=O)Oc1c(-c2ccc(Oc3ccc(F)cc3)cc2)oc2cc(N(CCS(C)=O)S(C)(=O)=O)c(C3CC3)cc12. The summed E-state index contributed by atoms with van der Waals surface area (Å²) in [5, 5.41) is 2.97. The number of benzene rings is 3. The molecule has 216 valence electrons. The summed E-state index contributed by atoms with van der Waals surface area (Å²) in [7, 11) is -3.44. The van der Waals surface area contributed by atoms with Crippen LogP contribution < -0.4 is 19.1 Å². The van der Waals surface area contributed by atoms with E-state index < -0.39 is 26.9 Å². The number of rotatable bonds is 10. The molecule has 0 radical (unpaired) electrons. The van der Waals surface area contributed by atoms with Gasteiger partial charge in [-0.05, 0) is 78.9 Å². The molecule has 1 aliphatic rings. The predicted octanol–water partition coefficient (Wildman–Crippen LogP) is 5.77. The summed E-state index contributed by atoms with van der Waals surface area (Å²) in [6.07, 6.45) is 3.74. The molecular formula is C29H29FN2O7S2. The van der Waals surface area contributed by atoms with Crippen LogP contribution in [0.15, 0.2) is 65.1 Å². The highest BCUT2D eigenvalue weighted by atomic mass is 32.2. The number of hydrogen-bond donors (Lipinski definition) is 1. The summed E-state index contributed by atoms with van der Waals surface area (Å²) in [5.41, 5.74) is 2.17. The van der Waals surface area contributed by atoms with Crippen molar-refractivity contribution in [3.8, 4) is 28.6 Å². The second-order valence-electron chi connectivity index (χ2n) is 9.77. The highest BCUT2D eigenvalue weighted by Gasteiger charge is 2.33. The number of nitrogens with one attached hydrogen (secondary N) is 1. The number of nitrogens with zero attached hydrogens (tertiary/aromatic N) is 1. The zero-order chi connectivity index (χ0) is 29.3. The molecule has 1 aliphatic carbocycles. The first-order valence-electron chi connectivity index (χ1n) is 12.8. The average molecular weight is 601 g/mol. The number of hydrogen-bond acceptors (Lipinski definition) is 7. The van der Waals surface area contributed by atoms with Crippen molar-refractivity contribution in [3.05, 3.63) is 72.0 Å². The van der Waals surface area contributed by atoms with Crippen LogP contribution in [0.5, 0.6) is 17.2 Å². The van der Waals surface area contributed by atoms with Crippen LogP contribution in [0.4, 0.5) is 14.9 Å². The molecule has 1 heterocycles. The minimum absolute atomic E-state index is 0.0534. The Labute approximate surface area is 239 Å². The minimum Gasteiger partial charge on any atom is -0.457 e. The molecule has 0 spiro atoms. The largest absolute Gasteiger partial charge is 0.457 e. The fourth-order valence-corrected chi connectivity index (χ4v) is 5.98. The molecule has 0 aliphatic heterocycles. The topological polar surface area (TPSA) is 115 Å². The van der Waals surface area contributed by atoms with Gasteiger partial charge < -0.3 is 19.2 Å². The van der Waals surface area contributed by atoms with Gasteiger partial charge in [-0.25, -0.2) is 17.6 Å². The third-order valence-corrected chi connectivity index (χ3v) is 8.56. The number of halogens is 1. The summed E-state index contributed by atoms with van der Waals surface area (Å²) < 4.78 is 69.6. The molecule has 0 saturated heterocycles. The third kappa shape index (κ3) is 6.54. The van der Waals surface area contributed by atoms with E-state index in [0.29, 0.717) is 33.7 Å². The smallest absolute Gasteiger partial charge is 0.412 e. The normalized spacial score (nSPS) is 14.0. The van der Waals surface area contributed by atoms with E-state index in [1.54, 1.807) is 30.3 Å². The van der Waals surface area contributed by atoms with Gasteiger partial charge in [0, 0.05) is 48.0 Å². The lowest BCUT2D eigenvalue weighted by Gasteiger charge is -2.24. The Morgan fingerprint density at radius 1 is 1.10 bits per heavy atom. The van der Waals surface area contributed by atoms with Crippen LogP contribution >= 0.6 is 0 Å². The average Bonchev–Trinajstić information content (AvgIpc) is 3.72. The summed E-state index contributed by atoms with van der Waals surface area (Å²) in [6.45, 7) is 0.0534. The first kappa shape index (κ1) is 28.6. The van der Waals surface area contributed by atoms with Gasteiger partial charge >= 0.3 is 6.09 Å². The van der Waals surface area contributed by atoms with Gasteiger partial charge in [-0.15, -0.1) is 0 Å².